The third-order valence-corrected chi connectivity index (χ3v) is 5.75. The minimum Gasteiger partial charge on any atom is -0.373 e. The summed E-state index contributed by atoms with van der Waals surface area (Å²) in [5.74, 6) is 0.682. The number of carbonyl (C=O) groups is 1. The van der Waals surface area contributed by atoms with E-state index in [9.17, 15) is 9.59 Å². The monoisotopic (exact) mass is 461 g/mol. The standard InChI is InChI=1S/C25H24ClN5O2/c1-4-31-22-13-23(27-3)28-14-16(22)11-19(24(31)32)18-12-21(15(2)10-20(18)26)30-25(33)29-17-8-6-5-7-9-17/h5-14H,4H2,1-3H3,(H,27,28)(H2,29,30,33). The smallest absolute Gasteiger partial charge is 0.323 e. The number of nitrogens with zero attached hydrogens (tertiary/aromatic N) is 2. The zero-order valence-electron chi connectivity index (χ0n) is 18.6. The summed E-state index contributed by atoms with van der Waals surface area (Å²) in [6, 6.07) is 15.9. The predicted octanol–water partition coefficient (Wildman–Crippen LogP) is 5.73. The first-order valence-electron chi connectivity index (χ1n) is 10.6. The number of para-hydroxylation sites is 1. The van der Waals surface area contributed by atoms with Gasteiger partial charge in [0.05, 0.1) is 5.52 Å². The number of aromatic nitrogens is 2. The van der Waals surface area contributed by atoms with Gasteiger partial charge >= 0.3 is 6.03 Å². The molecule has 0 saturated carbocycles. The fourth-order valence-corrected chi connectivity index (χ4v) is 4.06. The molecule has 0 atom stereocenters. The molecular formula is C25H24ClN5O2. The molecule has 0 aliphatic rings. The molecule has 0 bridgehead atoms. The number of hydrogen-bond donors (Lipinski definition) is 3. The first kappa shape index (κ1) is 22.4. The Morgan fingerprint density at radius 3 is 2.52 bits per heavy atom. The van der Waals surface area contributed by atoms with Crippen LogP contribution in [0.25, 0.3) is 22.0 Å². The van der Waals surface area contributed by atoms with Gasteiger partial charge in [-0.1, -0.05) is 29.8 Å². The van der Waals surface area contributed by atoms with Gasteiger partial charge < -0.3 is 20.5 Å². The van der Waals surface area contributed by atoms with E-state index in [-0.39, 0.29) is 11.6 Å². The topological polar surface area (TPSA) is 88.1 Å². The molecule has 0 radical (unpaired) electrons. The molecule has 3 N–H and O–H groups in total. The number of fused-ring (bicyclic) bond motifs is 1. The molecule has 0 fully saturated rings. The molecule has 0 aliphatic carbocycles. The van der Waals surface area contributed by atoms with Crippen molar-refractivity contribution in [3.63, 3.8) is 0 Å². The summed E-state index contributed by atoms with van der Waals surface area (Å²) in [6.45, 7) is 4.26. The molecule has 2 aromatic heterocycles. The Hall–Kier alpha value is -3.84. The van der Waals surface area contributed by atoms with Crippen LogP contribution in [-0.2, 0) is 6.54 Å². The molecular weight excluding hydrogens is 438 g/mol. The van der Waals surface area contributed by atoms with E-state index in [0.717, 1.165) is 16.5 Å². The van der Waals surface area contributed by atoms with Crippen LogP contribution in [0, 0.1) is 6.92 Å². The molecule has 2 amide bonds. The van der Waals surface area contributed by atoms with Gasteiger partial charge in [0.15, 0.2) is 0 Å². The van der Waals surface area contributed by atoms with Gasteiger partial charge in [-0.2, -0.15) is 0 Å². The lowest BCUT2D eigenvalue weighted by Gasteiger charge is -2.16. The Bertz CT molecular complexity index is 1400. The van der Waals surface area contributed by atoms with E-state index < -0.39 is 0 Å². The van der Waals surface area contributed by atoms with Crippen LogP contribution in [0.1, 0.15) is 12.5 Å². The average molecular weight is 462 g/mol. The summed E-state index contributed by atoms with van der Waals surface area (Å²) in [6.07, 6.45) is 1.73. The molecule has 0 aliphatic heterocycles. The fourth-order valence-electron chi connectivity index (χ4n) is 3.74. The molecule has 4 aromatic rings. The van der Waals surface area contributed by atoms with E-state index in [2.05, 4.69) is 20.9 Å². The Balaban J connectivity index is 1.77. The number of urea groups is 1. The van der Waals surface area contributed by atoms with Crippen molar-refractivity contribution in [2.75, 3.05) is 23.0 Å². The van der Waals surface area contributed by atoms with E-state index in [1.54, 1.807) is 48.1 Å². The van der Waals surface area contributed by atoms with Crippen LogP contribution < -0.4 is 21.5 Å². The minimum atomic E-state index is -0.383. The number of rotatable bonds is 5. The van der Waals surface area contributed by atoms with Gasteiger partial charge in [-0.25, -0.2) is 9.78 Å². The van der Waals surface area contributed by atoms with Gasteiger partial charge in [0, 0.05) is 58.8 Å². The Kier molecular flexibility index (Phi) is 6.33. The molecule has 2 heterocycles. The lowest BCUT2D eigenvalue weighted by atomic mass is 10.0. The van der Waals surface area contributed by atoms with Gasteiger partial charge in [-0.15, -0.1) is 0 Å². The second-order valence-corrected chi connectivity index (χ2v) is 7.99. The number of halogens is 1. The summed E-state index contributed by atoms with van der Waals surface area (Å²) in [5.41, 5.74) is 3.63. The highest BCUT2D eigenvalue weighted by atomic mass is 35.5. The number of nitrogens with one attached hydrogen (secondary N) is 3. The number of amides is 2. The summed E-state index contributed by atoms with van der Waals surface area (Å²) in [7, 11) is 1.78. The van der Waals surface area contributed by atoms with E-state index in [0.29, 0.717) is 39.9 Å². The quantitative estimate of drug-likeness (QED) is 0.354. The van der Waals surface area contributed by atoms with Crippen LogP contribution in [0.5, 0.6) is 0 Å². The lowest BCUT2D eigenvalue weighted by molar-refractivity contribution is 0.262. The van der Waals surface area contributed by atoms with Crippen molar-refractivity contribution in [3.05, 3.63) is 81.7 Å². The van der Waals surface area contributed by atoms with Crippen molar-refractivity contribution in [1.82, 2.24) is 9.55 Å². The van der Waals surface area contributed by atoms with Gasteiger partial charge in [-0.3, -0.25) is 4.79 Å². The van der Waals surface area contributed by atoms with Gasteiger partial charge in [0.1, 0.15) is 5.82 Å². The highest BCUT2D eigenvalue weighted by Crippen LogP contribution is 2.33. The Morgan fingerprint density at radius 2 is 1.82 bits per heavy atom. The third-order valence-electron chi connectivity index (χ3n) is 5.43. The highest BCUT2D eigenvalue weighted by Gasteiger charge is 2.16. The van der Waals surface area contributed by atoms with Crippen LogP contribution >= 0.6 is 11.6 Å². The van der Waals surface area contributed by atoms with Crippen LogP contribution in [0.15, 0.2) is 65.6 Å². The van der Waals surface area contributed by atoms with Crippen molar-refractivity contribution in [3.8, 4) is 11.1 Å². The van der Waals surface area contributed by atoms with Crippen LogP contribution in [0.2, 0.25) is 5.02 Å². The first-order chi connectivity index (χ1) is 15.9. The molecule has 33 heavy (non-hydrogen) atoms. The summed E-state index contributed by atoms with van der Waals surface area (Å²) in [5, 5.41) is 9.90. The predicted molar refractivity (Wildman–Crippen MR) is 135 cm³/mol. The van der Waals surface area contributed by atoms with Crippen molar-refractivity contribution < 1.29 is 4.79 Å². The van der Waals surface area contributed by atoms with E-state index >= 15 is 0 Å². The third kappa shape index (κ3) is 4.54. The first-order valence-corrected chi connectivity index (χ1v) is 10.9. The number of carbonyl (C=O) groups excluding carboxylic acids is 1. The SMILES string of the molecule is CCn1c(=O)c(-c2cc(NC(=O)Nc3ccccc3)c(C)cc2Cl)cc2cnc(NC)cc21. The van der Waals surface area contributed by atoms with Gasteiger partial charge in [0.25, 0.3) is 5.56 Å². The molecule has 8 heteroatoms. The average Bonchev–Trinajstić information content (AvgIpc) is 2.81. The molecule has 0 saturated heterocycles. The van der Waals surface area contributed by atoms with Crippen LogP contribution in [-0.4, -0.2) is 22.6 Å². The summed E-state index contributed by atoms with van der Waals surface area (Å²) < 4.78 is 1.69. The number of hydrogen-bond acceptors (Lipinski definition) is 4. The van der Waals surface area contributed by atoms with Crippen molar-refractivity contribution in [1.29, 1.82) is 0 Å². The fraction of sp³-hybridized carbons (Fsp3) is 0.160. The van der Waals surface area contributed by atoms with Crippen molar-refractivity contribution in [2.45, 2.75) is 20.4 Å². The van der Waals surface area contributed by atoms with Crippen molar-refractivity contribution >= 4 is 45.7 Å². The molecule has 7 nitrogen and oxygen atoms in total. The molecule has 0 spiro atoms. The zero-order valence-corrected chi connectivity index (χ0v) is 19.3. The second-order valence-electron chi connectivity index (χ2n) is 7.58. The van der Waals surface area contributed by atoms with Gasteiger partial charge in [0.2, 0.25) is 0 Å². The number of pyridine rings is 2. The minimum absolute atomic E-state index is 0.163. The summed E-state index contributed by atoms with van der Waals surface area (Å²) >= 11 is 6.57. The Labute approximate surface area is 196 Å². The molecule has 2 aromatic carbocycles. The number of anilines is 3. The van der Waals surface area contributed by atoms with Crippen LogP contribution in [0.4, 0.5) is 22.0 Å². The largest absolute Gasteiger partial charge is 0.373 e. The van der Waals surface area contributed by atoms with E-state index in [4.69, 9.17) is 11.6 Å². The lowest BCUT2D eigenvalue weighted by Crippen LogP contribution is -2.22. The second kappa shape index (κ2) is 9.34. The molecule has 4 rings (SSSR count). The van der Waals surface area contributed by atoms with Crippen molar-refractivity contribution in [2.24, 2.45) is 0 Å². The summed E-state index contributed by atoms with van der Waals surface area (Å²) in [4.78, 5) is 30.3. The maximum Gasteiger partial charge on any atom is 0.323 e. The highest BCUT2D eigenvalue weighted by molar-refractivity contribution is 6.33. The molecule has 168 valence electrons. The normalized spacial score (nSPS) is 10.8. The molecule has 0 unspecified atom stereocenters. The maximum absolute atomic E-state index is 13.4. The van der Waals surface area contributed by atoms with E-state index in [1.165, 1.54) is 0 Å². The van der Waals surface area contributed by atoms with E-state index in [1.807, 2.05) is 38.1 Å². The number of benzene rings is 2. The van der Waals surface area contributed by atoms with Gasteiger partial charge in [-0.05, 0) is 49.7 Å². The number of aryl methyl sites for hydroxylation is 2. The maximum atomic E-state index is 13.4. The van der Waals surface area contributed by atoms with Crippen LogP contribution in [0.3, 0.4) is 0 Å². The zero-order chi connectivity index (χ0) is 23.5. The Morgan fingerprint density at radius 1 is 1.06 bits per heavy atom.